The topological polar surface area (TPSA) is 24.9 Å². The van der Waals surface area contributed by atoms with E-state index in [1.165, 1.54) is 0 Å². The zero-order valence-electron chi connectivity index (χ0n) is 9.71. The molecule has 1 aromatic carbocycles. The molecule has 0 spiro atoms. The lowest BCUT2D eigenvalue weighted by Crippen LogP contribution is -1.98. The predicted octanol–water partition coefficient (Wildman–Crippen LogP) is 4.16. The number of fused-ring (bicyclic) bond motifs is 1. The maximum absolute atomic E-state index is 4.66. The Hall–Kier alpha value is -1.09. The molecule has 0 bridgehead atoms. The van der Waals surface area contributed by atoms with E-state index in [-0.39, 0.29) is 0 Å². The molecule has 0 aliphatic heterocycles. The fourth-order valence-corrected chi connectivity index (χ4v) is 2.08. The average Bonchev–Trinajstić information content (AvgIpc) is 2.27. The van der Waals surface area contributed by atoms with E-state index < -0.39 is 0 Å². The molecule has 2 rings (SSSR count). The van der Waals surface area contributed by atoms with Gasteiger partial charge in [0.1, 0.15) is 0 Å². The van der Waals surface area contributed by atoms with Gasteiger partial charge in [-0.3, -0.25) is 4.98 Å². The van der Waals surface area contributed by atoms with Crippen molar-refractivity contribution in [1.82, 2.24) is 4.98 Å². The lowest BCUT2D eigenvalue weighted by atomic mass is 10.1. The van der Waals surface area contributed by atoms with E-state index in [1.807, 2.05) is 19.2 Å². The third-order valence-corrected chi connectivity index (χ3v) is 3.14. The Labute approximate surface area is 104 Å². The van der Waals surface area contributed by atoms with Crippen molar-refractivity contribution >= 4 is 32.5 Å². The average molecular weight is 279 g/mol. The first kappa shape index (κ1) is 11.4. The Kier molecular flexibility index (Phi) is 3.15. The Morgan fingerprint density at radius 3 is 2.62 bits per heavy atom. The summed E-state index contributed by atoms with van der Waals surface area (Å²) in [6.07, 6.45) is 0. The van der Waals surface area contributed by atoms with Crippen molar-refractivity contribution in [2.75, 3.05) is 12.4 Å². The standard InChI is InChI=1S/C13H15BrN2/c1-8(2)12-7-13(15-3)10-6-9(14)4-5-11(10)16-12/h4-8H,1-3H3,(H,15,16). The summed E-state index contributed by atoms with van der Waals surface area (Å²) < 4.78 is 1.08. The number of benzene rings is 1. The molecule has 2 nitrogen and oxygen atoms in total. The highest BCUT2D eigenvalue weighted by Crippen LogP contribution is 2.28. The van der Waals surface area contributed by atoms with Gasteiger partial charge >= 0.3 is 0 Å². The number of anilines is 1. The van der Waals surface area contributed by atoms with Gasteiger partial charge in [0, 0.05) is 28.3 Å². The molecular weight excluding hydrogens is 264 g/mol. The number of pyridine rings is 1. The quantitative estimate of drug-likeness (QED) is 0.892. The van der Waals surface area contributed by atoms with Crippen molar-refractivity contribution < 1.29 is 0 Å². The number of nitrogens with one attached hydrogen (secondary N) is 1. The zero-order valence-corrected chi connectivity index (χ0v) is 11.3. The number of hydrogen-bond acceptors (Lipinski definition) is 2. The summed E-state index contributed by atoms with van der Waals surface area (Å²) in [6, 6.07) is 8.29. The van der Waals surface area contributed by atoms with Crippen LogP contribution in [0.25, 0.3) is 10.9 Å². The number of aromatic nitrogens is 1. The fraction of sp³-hybridized carbons (Fsp3) is 0.308. The highest BCUT2D eigenvalue weighted by Gasteiger charge is 2.07. The third-order valence-electron chi connectivity index (χ3n) is 2.65. The summed E-state index contributed by atoms with van der Waals surface area (Å²) in [5, 5.41) is 4.39. The Morgan fingerprint density at radius 2 is 2.00 bits per heavy atom. The molecule has 0 aliphatic carbocycles. The Morgan fingerprint density at radius 1 is 1.25 bits per heavy atom. The van der Waals surface area contributed by atoms with Crippen molar-refractivity contribution in [3.05, 3.63) is 34.4 Å². The van der Waals surface area contributed by atoms with Crippen LogP contribution < -0.4 is 5.32 Å². The molecule has 1 N–H and O–H groups in total. The first-order valence-corrected chi connectivity index (χ1v) is 6.19. The first-order valence-electron chi connectivity index (χ1n) is 5.39. The predicted molar refractivity (Wildman–Crippen MR) is 73.1 cm³/mol. The van der Waals surface area contributed by atoms with Crippen molar-refractivity contribution in [2.45, 2.75) is 19.8 Å². The van der Waals surface area contributed by atoms with Gasteiger partial charge in [0.05, 0.1) is 5.52 Å². The number of halogens is 1. The van der Waals surface area contributed by atoms with Gasteiger partial charge in [-0.1, -0.05) is 29.8 Å². The van der Waals surface area contributed by atoms with Gasteiger partial charge in [-0.2, -0.15) is 0 Å². The van der Waals surface area contributed by atoms with Gasteiger partial charge in [0.15, 0.2) is 0 Å². The van der Waals surface area contributed by atoms with Crippen LogP contribution in [-0.4, -0.2) is 12.0 Å². The molecule has 0 saturated heterocycles. The van der Waals surface area contributed by atoms with Crippen LogP contribution in [0.2, 0.25) is 0 Å². The summed E-state index contributed by atoms with van der Waals surface area (Å²) in [6.45, 7) is 4.32. The van der Waals surface area contributed by atoms with Crippen LogP contribution in [-0.2, 0) is 0 Å². The lowest BCUT2D eigenvalue weighted by Gasteiger charge is -2.11. The van der Waals surface area contributed by atoms with Crippen LogP contribution >= 0.6 is 15.9 Å². The smallest absolute Gasteiger partial charge is 0.0726 e. The van der Waals surface area contributed by atoms with Crippen LogP contribution in [0.15, 0.2) is 28.7 Å². The molecule has 0 fully saturated rings. The summed E-state index contributed by atoms with van der Waals surface area (Å²) in [4.78, 5) is 4.66. The van der Waals surface area contributed by atoms with E-state index in [4.69, 9.17) is 0 Å². The minimum absolute atomic E-state index is 0.445. The van der Waals surface area contributed by atoms with E-state index >= 15 is 0 Å². The zero-order chi connectivity index (χ0) is 11.7. The maximum Gasteiger partial charge on any atom is 0.0726 e. The molecule has 0 saturated carbocycles. The first-order chi connectivity index (χ1) is 7.61. The van der Waals surface area contributed by atoms with Gasteiger partial charge in [0.2, 0.25) is 0 Å². The summed E-state index contributed by atoms with van der Waals surface area (Å²) >= 11 is 3.49. The van der Waals surface area contributed by atoms with Gasteiger partial charge in [-0.25, -0.2) is 0 Å². The summed E-state index contributed by atoms with van der Waals surface area (Å²) in [7, 11) is 1.94. The van der Waals surface area contributed by atoms with Crippen LogP contribution in [0.1, 0.15) is 25.5 Å². The van der Waals surface area contributed by atoms with Crippen molar-refractivity contribution in [2.24, 2.45) is 0 Å². The molecule has 84 valence electrons. The lowest BCUT2D eigenvalue weighted by molar-refractivity contribution is 0.830. The molecule has 0 unspecified atom stereocenters. The van der Waals surface area contributed by atoms with E-state index in [9.17, 15) is 0 Å². The molecule has 0 amide bonds. The second-order valence-corrected chi connectivity index (χ2v) is 5.08. The van der Waals surface area contributed by atoms with E-state index in [1.54, 1.807) is 0 Å². The highest BCUT2D eigenvalue weighted by molar-refractivity contribution is 9.10. The number of nitrogens with zero attached hydrogens (tertiary/aromatic N) is 1. The van der Waals surface area contributed by atoms with Crippen LogP contribution in [0.3, 0.4) is 0 Å². The number of rotatable bonds is 2. The molecule has 16 heavy (non-hydrogen) atoms. The SMILES string of the molecule is CNc1cc(C(C)C)nc2ccc(Br)cc12. The molecule has 0 aliphatic rings. The van der Waals surface area contributed by atoms with Crippen LogP contribution in [0.5, 0.6) is 0 Å². The number of hydrogen-bond donors (Lipinski definition) is 1. The summed E-state index contributed by atoms with van der Waals surface area (Å²) in [5.74, 6) is 0.445. The highest BCUT2D eigenvalue weighted by atomic mass is 79.9. The largest absolute Gasteiger partial charge is 0.388 e. The molecule has 2 aromatic rings. The monoisotopic (exact) mass is 278 g/mol. The molecular formula is C13H15BrN2. The van der Waals surface area contributed by atoms with E-state index in [0.29, 0.717) is 5.92 Å². The van der Waals surface area contributed by atoms with Gasteiger partial charge < -0.3 is 5.32 Å². The maximum atomic E-state index is 4.66. The van der Waals surface area contributed by atoms with Gasteiger partial charge in [-0.15, -0.1) is 0 Å². The molecule has 1 heterocycles. The third kappa shape index (κ3) is 2.05. The Balaban J connectivity index is 2.73. The minimum Gasteiger partial charge on any atom is -0.388 e. The van der Waals surface area contributed by atoms with E-state index in [0.717, 1.165) is 26.8 Å². The van der Waals surface area contributed by atoms with Crippen molar-refractivity contribution in [3.63, 3.8) is 0 Å². The van der Waals surface area contributed by atoms with Crippen LogP contribution in [0.4, 0.5) is 5.69 Å². The van der Waals surface area contributed by atoms with Crippen LogP contribution in [0, 0.1) is 0 Å². The van der Waals surface area contributed by atoms with E-state index in [2.05, 4.69) is 52.2 Å². The molecule has 0 radical (unpaired) electrons. The van der Waals surface area contributed by atoms with Gasteiger partial charge in [0.25, 0.3) is 0 Å². The Bertz CT molecular complexity index is 521. The summed E-state index contributed by atoms with van der Waals surface area (Å²) in [5.41, 5.74) is 3.30. The van der Waals surface area contributed by atoms with Gasteiger partial charge in [-0.05, 0) is 30.2 Å². The minimum atomic E-state index is 0.445. The second kappa shape index (κ2) is 4.42. The normalized spacial score (nSPS) is 11.1. The van der Waals surface area contributed by atoms with Crippen molar-refractivity contribution in [3.8, 4) is 0 Å². The van der Waals surface area contributed by atoms with Crippen molar-refractivity contribution in [1.29, 1.82) is 0 Å². The molecule has 1 aromatic heterocycles. The molecule has 0 atom stereocenters. The fourth-order valence-electron chi connectivity index (χ4n) is 1.72. The molecule has 3 heteroatoms. The second-order valence-electron chi connectivity index (χ2n) is 4.16.